The predicted octanol–water partition coefficient (Wildman–Crippen LogP) is 2.17. The summed E-state index contributed by atoms with van der Waals surface area (Å²) < 4.78 is 0.604. The molecule has 0 spiro atoms. The Morgan fingerprint density at radius 2 is 2.17 bits per heavy atom. The van der Waals surface area contributed by atoms with E-state index in [0.717, 1.165) is 0 Å². The minimum absolute atomic E-state index is 0.0142. The Morgan fingerprint density at radius 1 is 1.56 bits per heavy atom. The third kappa shape index (κ3) is 3.39. The molecule has 0 fully saturated rings. The average Bonchev–Trinajstić information content (AvgIpc) is 2.27. The highest BCUT2D eigenvalue weighted by molar-refractivity contribution is 9.10. The topological polar surface area (TPSA) is 85.3 Å². The van der Waals surface area contributed by atoms with Crippen molar-refractivity contribution in [2.45, 2.75) is 13.8 Å². The summed E-state index contributed by atoms with van der Waals surface area (Å²) in [6.45, 7) is 5.16. The van der Waals surface area contributed by atoms with Crippen LogP contribution >= 0.6 is 15.9 Å². The van der Waals surface area contributed by atoms with Crippen LogP contribution in [0.3, 0.4) is 0 Å². The minimum atomic E-state index is -0.432. The molecule has 0 aliphatic rings. The number of nitrogens with two attached hydrogens (primary N) is 1. The summed E-state index contributed by atoms with van der Waals surface area (Å²) in [7, 11) is 1.81. The minimum Gasteiger partial charge on any atom is -0.367 e. The Morgan fingerprint density at radius 3 is 2.67 bits per heavy atom. The van der Waals surface area contributed by atoms with E-state index < -0.39 is 4.92 Å². The van der Waals surface area contributed by atoms with E-state index in [1.807, 2.05) is 25.8 Å². The van der Waals surface area contributed by atoms with Gasteiger partial charge in [-0.2, -0.15) is 0 Å². The number of rotatable bonds is 5. The van der Waals surface area contributed by atoms with Crippen LogP contribution in [0.2, 0.25) is 0 Å². The van der Waals surface area contributed by atoms with Crippen molar-refractivity contribution in [3.05, 3.63) is 27.0 Å². The van der Waals surface area contributed by atoms with Gasteiger partial charge >= 0.3 is 5.69 Å². The maximum Gasteiger partial charge on any atom is 0.311 e. The molecule has 1 heterocycles. The lowest BCUT2D eigenvalue weighted by atomic mass is 9.93. The van der Waals surface area contributed by atoms with Gasteiger partial charge in [-0.3, -0.25) is 15.1 Å². The van der Waals surface area contributed by atoms with Gasteiger partial charge < -0.3 is 10.6 Å². The van der Waals surface area contributed by atoms with Gasteiger partial charge in [-0.05, 0) is 27.9 Å². The van der Waals surface area contributed by atoms with Gasteiger partial charge in [-0.1, -0.05) is 13.8 Å². The lowest BCUT2D eigenvalue weighted by Gasteiger charge is -2.30. The summed E-state index contributed by atoms with van der Waals surface area (Å²) in [6, 6.07) is 0. The second-order valence-electron chi connectivity index (χ2n) is 4.97. The normalized spacial score (nSPS) is 11.4. The molecule has 0 amide bonds. The maximum absolute atomic E-state index is 11.0. The number of aromatic nitrogens is 1. The number of nitro groups is 1. The molecule has 2 N–H and O–H groups in total. The van der Waals surface area contributed by atoms with Gasteiger partial charge in [0.2, 0.25) is 0 Å². The maximum atomic E-state index is 11.0. The fraction of sp³-hybridized carbons (Fsp3) is 0.545. The predicted molar refractivity (Wildman–Crippen MR) is 74.7 cm³/mol. The third-order valence-corrected chi connectivity index (χ3v) is 3.23. The van der Waals surface area contributed by atoms with Gasteiger partial charge in [-0.15, -0.1) is 0 Å². The van der Waals surface area contributed by atoms with Crippen LogP contribution in [0, 0.1) is 15.5 Å². The Balaban J connectivity index is 3.12. The number of anilines is 1. The van der Waals surface area contributed by atoms with E-state index >= 15 is 0 Å². The first-order valence-corrected chi connectivity index (χ1v) is 6.27. The van der Waals surface area contributed by atoms with E-state index in [-0.39, 0.29) is 11.1 Å². The summed E-state index contributed by atoms with van der Waals surface area (Å²) in [5.74, 6) is 0. The summed E-state index contributed by atoms with van der Waals surface area (Å²) >= 11 is 3.31. The zero-order chi connectivity index (χ0) is 13.9. The SMILES string of the molecule is CN(CC(C)(C)CN)c1c(Br)cncc1[N+](=O)[O-]. The standard InChI is InChI=1S/C11H17BrN4O2/c1-11(2,6-13)7-15(3)10-8(12)4-14-5-9(10)16(17)18/h4-5H,6-7,13H2,1-3H3. The van der Waals surface area contributed by atoms with Gasteiger partial charge in [0.05, 0.1) is 9.40 Å². The molecule has 1 aromatic heterocycles. The molecule has 0 unspecified atom stereocenters. The van der Waals surface area contributed by atoms with Crippen LogP contribution in [-0.4, -0.2) is 30.0 Å². The first-order valence-electron chi connectivity index (χ1n) is 5.47. The Kier molecular flexibility index (Phi) is 4.64. The molecule has 0 aromatic carbocycles. The lowest BCUT2D eigenvalue weighted by molar-refractivity contribution is -0.384. The van der Waals surface area contributed by atoms with Crippen molar-refractivity contribution in [2.75, 3.05) is 25.0 Å². The van der Waals surface area contributed by atoms with Gasteiger partial charge in [0.15, 0.2) is 0 Å². The zero-order valence-electron chi connectivity index (χ0n) is 10.7. The molecular weight excluding hydrogens is 300 g/mol. The van der Waals surface area contributed by atoms with Crippen molar-refractivity contribution in [3.8, 4) is 0 Å². The Bertz CT molecular complexity index is 451. The van der Waals surface area contributed by atoms with E-state index in [2.05, 4.69) is 20.9 Å². The number of hydrogen-bond acceptors (Lipinski definition) is 5. The molecule has 0 atom stereocenters. The van der Waals surface area contributed by atoms with E-state index in [1.165, 1.54) is 6.20 Å². The Labute approximate surface area is 114 Å². The van der Waals surface area contributed by atoms with Crippen molar-refractivity contribution in [3.63, 3.8) is 0 Å². The van der Waals surface area contributed by atoms with Crippen molar-refractivity contribution in [1.82, 2.24) is 4.98 Å². The number of halogens is 1. The molecule has 0 aliphatic carbocycles. The van der Waals surface area contributed by atoms with E-state index in [9.17, 15) is 10.1 Å². The van der Waals surface area contributed by atoms with Crippen LogP contribution < -0.4 is 10.6 Å². The lowest BCUT2D eigenvalue weighted by Crippen LogP contribution is -2.37. The van der Waals surface area contributed by atoms with Crippen LogP contribution in [0.5, 0.6) is 0 Å². The smallest absolute Gasteiger partial charge is 0.311 e. The van der Waals surface area contributed by atoms with Crippen LogP contribution in [-0.2, 0) is 0 Å². The summed E-state index contributed by atoms with van der Waals surface area (Å²) in [6.07, 6.45) is 2.81. The first kappa shape index (κ1) is 14.8. The van der Waals surface area contributed by atoms with Gasteiger partial charge in [0.25, 0.3) is 0 Å². The van der Waals surface area contributed by atoms with Crippen LogP contribution in [0.15, 0.2) is 16.9 Å². The van der Waals surface area contributed by atoms with Gasteiger partial charge in [0, 0.05) is 19.8 Å². The van der Waals surface area contributed by atoms with Crippen LogP contribution in [0.1, 0.15) is 13.8 Å². The number of nitrogens with zero attached hydrogens (tertiary/aromatic N) is 3. The highest BCUT2D eigenvalue weighted by atomic mass is 79.9. The van der Waals surface area contributed by atoms with E-state index in [4.69, 9.17) is 5.73 Å². The molecule has 0 bridgehead atoms. The molecule has 0 aliphatic heterocycles. The average molecular weight is 317 g/mol. The molecule has 0 saturated heterocycles. The molecule has 18 heavy (non-hydrogen) atoms. The third-order valence-electron chi connectivity index (χ3n) is 2.65. The molecule has 0 saturated carbocycles. The number of pyridine rings is 1. The fourth-order valence-corrected chi connectivity index (χ4v) is 2.34. The molecule has 100 valence electrons. The van der Waals surface area contributed by atoms with Gasteiger partial charge in [0.1, 0.15) is 11.9 Å². The summed E-state index contributed by atoms with van der Waals surface area (Å²) in [5, 5.41) is 11.0. The number of hydrogen-bond donors (Lipinski definition) is 1. The van der Waals surface area contributed by atoms with E-state index in [1.54, 1.807) is 6.20 Å². The highest BCUT2D eigenvalue weighted by Gasteiger charge is 2.25. The zero-order valence-corrected chi connectivity index (χ0v) is 12.3. The van der Waals surface area contributed by atoms with Crippen molar-refractivity contribution in [2.24, 2.45) is 11.1 Å². The molecular formula is C11H17BrN4O2. The summed E-state index contributed by atoms with van der Waals surface area (Å²) in [4.78, 5) is 16.2. The molecule has 1 aromatic rings. The monoisotopic (exact) mass is 316 g/mol. The molecule has 1 rings (SSSR count). The molecule has 0 radical (unpaired) electrons. The molecule has 6 nitrogen and oxygen atoms in total. The fourth-order valence-electron chi connectivity index (χ4n) is 1.72. The first-order chi connectivity index (χ1) is 8.28. The quantitative estimate of drug-likeness (QED) is 0.664. The second-order valence-corrected chi connectivity index (χ2v) is 5.82. The largest absolute Gasteiger partial charge is 0.367 e. The van der Waals surface area contributed by atoms with Crippen molar-refractivity contribution < 1.29 is 4.92 Å². The van der Waals surface area contributed by atoms with Crippen LogP contribution in [0.25, 0.3) is 0 Å². The van der Waals surface area contributed by atoms with Gasteiger partial charge in [-0.25, -0.2) is 0 Å². The van der Waals surface area contributed by atoms with Crippen molar-refractivity contribution in [1.29, 1.82) is 0 Å². The second kappa shape index (κ2) is 5.62. The Hall–Kier alpha value is -1.21. The van der Waals surface area contributed by atoms with Crippen LogP contribution in [0.4, 0.5) is 11.4 Å². The van der Waals surface area contributed by atoms with Crippen molar-refractivity contribution >= 4 is 27.3 Å². The highest BCUT2D eigenvalue weighted by Crippen LogP contribution is 2.35. The van der Waals surface area contributed by atoms with E-state index in [0.29, 0.717) is 23.2 Å². The summed E-state index contributed by atoms with van der Waals surface area (Å²) in [5.41, 5.74) is 6.07. The molecule has 7 heteroatoms.